The Morgan fingerprint density at radius 1 is 1.15 bits per heavy atom. The van der Waals surface area contributed by atoms with Gasteiger partial charge in [-0.15, -0.1) is 0 Å². The van der Waals surface area contributed by atoms with E-state index in [0.29, 0.717) is 17.6 Å². The molecule has 0 N–H and O–H groups in total. The fraction of sp³-hybridized carbons (Fsp3) is 0.391. The summed E-state index contributed by atoms with van der Waals surface area (Å²) in [6.07, 6.45) is 3.33. The van der Waals surface area contributed by atoms with Crippen molar-refractivity contribution in [3.63, 3.8) is 0 Å². The highest BCUT2D eigenvalue weighted by atomic mass is 19.3. The lowest BCUT2D eigenvalue weighted by Crippen LogP contribution is -2.48. The van der Waals surface area contributed by atoms with E-state index in [1.54, 1.807) is 15.5 Å². The minimum atomic E-state index is -2.74. The van der Waals surface area contributed by atoms with Crippen LogP contribution in [0.2, 0.25) is 0 Å². The average Bonchev–Trinajstić information content (AvgIpc) is 3.49. The lowest BCUT2D eigenvalue weighted by Gasteiger charge is -2.40. The van der Waals surface area contributed by atoms with E-state index in [-0.39, 0.29) is 40.9 Å². The molecule has 33 heavy (non-hydrogen) atoms. The highest BCUT2D eigenvalue weighted by molar-refractivity contribution is 5.99. The van der Waals surface area contributed by atoms with Gasteiger partial charge < -0.3 is 9.47 Å². The van der Waals surface area contributed by atoms with Crippen LogP contribution < -0.4 is 0 Å². The zero-order valence-corrected chi connectivity index (χ0v) is 17.8. The number of halogens is 3. The number of hydrogen-bond acceptors (Lipinski definition) is 4. The fourth-order valence-corrected chi connectivity index (χ4v) is 5.64. The number of amides is 1. The van der Waals surface area contributed by atoms with Crippen LogP contribution in [0.15, 0.2) is 36.8 Å². The normalized spacial score (nSPS) is 22.7. The summed E-state index contributed by atoms with van der Waals surface area (Å²) >= 11 is 0. The third-order valence-electron chi connectivity index (χ3n) is 7.16. The summed E-state index contributed by atoms with van der Waals surface area (Å²) in [5.41, 5.74) is 0.965. The molecule has 4 aromatic rings. The SMILES string of the molecule is Cn1ccc2cc(C(=O)N3[C@H]4CC[C@H](c5cc(C(F)F)nc6ncnn56)[C@@H]3CC4)c(F)cc21. The van der Waals surface area contributed by atoms with Crippen LogP contribution in [0.5, 0.6) is 0 Å². The molecule has 10 heteroatoms. The van der Waals surface area contributed by atoms with Gasteiger partial charge in [-0.3, -0.25) is 4.79 Å². The van der Waals surface area contributed by atoms with Crippen molar-refractivity contribution in [1.29, 1.82) is 0 Å². The Morgan fingerprint density at radius 2 is 1.97 bits per heavy atom. The monoisotopic (exact) mass is 454 g/mol. The predicted octanol–water partition coefficient (Wildman–Crippen LogP) is 4.24. The molecule has 2 bridgehead atoms. The highest BCUT2D eigenvalue weighted by Crippen LogP contribution is 2.45. The first-order valence-electron chi connectivity index (χ1n) is 11.0. The van der Waals surface area contributed by atoms with E-state index in [9.17, 15) is 13.6 Å². The Kier molecular flexibility index (Phi) is 4.46. The van der Waals surface area contributed by atoms with Crippen LogP contribution in [0.3, 0.4) is 0 Å². The predicted molar refractivity (Wildman–Crippen MR) is 114 cm³/mol. The molecule has 3 aromatic heterocycles. The first-order chi connectivity index (χ1) is 15.9. The number of aryl methyl sites for hydroxylation is 1. The van der Waals surface area contributed by atoms with Crippen molar-refractivity contribution in [1.82, 2.24) is 29.0 Å². The van der Waals surface area contributed by atoms with Crippen molar-refractivity contribution in [3.05, 3.63) is 59.6 Å². The Bertz CT molecular complexity index is 1400. The van der Waals surface area contributed by atoms with Crippen LogP contribution in [0.25, 0.3) is 16.7 Å². The molecule has 0 radical (unpaired) electrons. The van der Waals surface area contributed by atoms with Gasteiger partial charge in [0, 0.05) is 36.6 Å². The van der Waals surface area contributed by atoms with E-state index in [0.717, 1.165) is 24.6 Å². The molecule has 170 valence electrons. The van der Waals surface area contributed by atoms with Crippen molar-refractivity contribution in [3.8, 4) is 0 Å². The fourth-order valence-electron chi connectivity index (χ4n) is 5.64. The van der Waals surface area contributed by atoms with Gasteiger partial charge in [0.25, 0.3) is 18.1 Å². The molecule has 0 aliphatic carbocycles. The Balaban J connectivity index is 1.41. The summed E-state index contributed by atoms with van der Waals surface area (Å²) in [7, 11) is 1.83. The third kappa shape index (κ3) is 3.03. The van der Waals surface area contributed by atoms with E-state index >= 15 is 4.39 Å². The zero-order chi connectivity index (χ0) is 22.9. The lowest BCUT2D eigenvalue weighted by molar-refractivity contribution is 0.0549. The van der Waals surface area contributed by atoms with E-state index < -0.39 is 12.2 Å². The first-order valence-corrected chi connectivity index (χ1v) is 11.0. The molecule has 2 aliphatic heterocycles. The number of hydrogen-bond donors (Lipinski definition) is 0. The van der Waals surface area contributed by atoms with Gasteiger partial charge in [-0.1, -0.05) is 0 Å². The lowest BCUT2D eigenvalue weighted by atomic mass is 9.86. The van der Waals surface area contributed by atoms with Gasteiger partial charge in [0.15, 0.2) is 0 Å². The number of nitrogens with zero attached hydrogens (tertiary/aromatic N) is 6. The second-order valence-electron chi connectivity index (χ2n) is 8.89. The van der Waals surface area contributed by atoms with Crippen molar-refractivity contribution < 1.29 is 18.0 Å². The van der Waals surface area contributed by atoms with Gasteiger partial charge in [-0.2, -0.15) is 10.1 Å². The Labute approximate surface area is 186 Å². The Morgan fingerprint density at radius 3 is 2.79 bits per heavy atom. The highest BCUT2D eigenvalue weighted by Gasteiger charge is 2.47. The van der Waals surface area contributed by atoms with Crippen LogP contribution >= 0.6 is 0 Å². The van der Waals surface area contributed by atoms with Crippen LogP contribution in [-0.4, -0.2) is 47.0 Å². The zero-order valence-electron chi connectivity index (χ0n) is 17.8. The molecule has 3 atom stereocenters. The number of alkyl halides is 2. The summed E-state index contributed by atoms with van der Waals surface area (Å²) in [6, 6.07) is 5.99. The summed E-state index contributed by atoms with van der Waals surface area (Å²) in [4.78, 5) is 23.3. The van der Waals surface area contributed by atoms with E-state index in [1.165, 1.54) is 23.0 Å². The number of benzene rings is 1. The maximum atomic E-state index is 15.0. The van der Waals surface area contributed by atoms with Crippen LogP contribution in [0.4, 0.5) is 13.2 Å². The molecular formula is C23H21F3N6O. The summed E-state index contributed by atoms with van der Waals surface area (Å²) in [5.74, 6) is -1.02. The van der Waals surface area contributed by atoms with Crippen LogP contribution in [-0.2, 0) is 7.05 Å². The molecular weight excluding hydrogens is 433 g/mol. The third-order valence-corrected chi connectivity index (χ3v) is 7.16. The van der Waals surface area contributed by atoms with E-state index in [2.05, 4.69) is 15.1 Å². The minimum absolute atomic E-state index is 0.00673. The van der Waals surface area contributed by atoms with Crippen molar-refractivity contribution in [2.24, 2.45) is 7.05 Å². The quantitative estimate of drug-likeness (QED) is 0.464. The Hall–Kier alpha value is -3.43. The number of carbonyl (C=O) groups excluding carboxylic acids is 1. The van der Waals surface area contributed by atoms with Crippen LogP contribution in [0.1, 0.15) is 59.8 Å². The smallest absolute Gasteiger partial charge is 0.280 e. The molecule has 5 heterocycles. The first kappa shape index (κ1) is 20.2. The number of fused-ring (bicyclic) bond motifs is 4. The standard InChI is InChI=1S/C23H21F3N6O/c1-30-7-6-12-8-15(16(24)9-19(12)30)22(33)31-13-2-4-14(18(31)5-3-13)20-10-17(21(25)26)29-23-27-11-28-32(20)23/h6-11,13-14,18,21H,2-5H2,1H3/t13-,14-,18-/m0/s1. The van der Waals surface area contributed by atoms with Crippen molar-refractivity contribution in [2.45, 2.75) is 50.1 Å². The number of carbonyl (C=O) groups is 1. The topological polar surface area (TPSA) is 68.3 Å². The number of aromatic nitrogens is 5. The van der Waals surface area contributed by atoms with Crippen molar-refractivity contribution >= 4 is 22.6 Å². The van der Waals surface area contributed by atoms with E-state index in [1.807, 2.05) is 19.3 Å². The maximum Gasteiger partial charge on any atom is 0.280 e. The van der Waals surface area contributed by atoms with Gasteiger partial charge in [0.2, 0.25) is 0 Å². The molecule has 0 unspecified atom stereocenters. The molecule has 1 amide bonds. The van der Waals surface area contributed by atoms with Crippen molar-refractivity contribution in [2.75, 3.05) is 0 Å². The summed E-state index contributed by atoms with van der Waals surface area (Å²) in [5, 5.41) is 4.98. The second-order valence-corrected chi connectivity index (χ2v) is 8.89. The molecule has 2 saturated heterocycles. The summed E-state index contributed by atoms with van der Waals surface area (Å²) < 4.78 is 45.3. The largest absolute Gasteiger partial charge is 0.350 e. The minimum Gasteiger partial charge on any atom is -0.350 e. The molecule has 2 fully saturated rings. The molecule has 2 aliphatic rings. The second kappa shape index (κ2) is 7.29. The van der Waals surface area contributed by atoms with E-state index in [4.69, 9.17) is 0 Å². The summed E-state index contributed by atoms with van der Waals surface area (Å²) in [6.45, 7) is 0. The van der Waals surface area contributed by atoms with Gasteiger partial charge in [0.05, 0.1) is 16.8 Å². The number of rotatable bonds is 3. The average molecular weight is 454 g/mol. The van der Waals surface area contributed by atoms with Gasteiger partial charge in [-0.25, -0.2) is 22.7 Å². The van der Waals surface area contributed by atoms with Gasteiger partial charge in [-0.05, 0) is 49.9 Å². The van der Waals surface area contributed by atoms with Gasteiger partial charge >= 0.3 is 0 Å². The molecule has 6 rings (SSSR count). The molecule has 7 nitrogen and oxygen atoms in total. The van der Waals surface area contributed by atoms with Gasteiger partial charge in [0.1, 0.15) is 17.8 Å². The molecule has 0 spiro atoms. The molecule has 1 aromatic carbocycles. The van der Waals surface area contributed by atoms with Crippen LogP contribution in [0, 0.1) is 5.82 Å². The number of piperidine rings is 1. The molecule has 0 saturated carbocycles. The maximum absolute atomic E-state index is 15.0.